The van der Waals surface area contributed by atoms with Crippen molar-refractivity contribution in [1.29, 1.82) is 0 Å². The number of nitrogen functional groups attached to an aromatic ring is 1. The van der Waals surface area contributed by atoms with Crippen LogP contribution in [0.3, 0.4) is 0 Å². The predicted octanol–water partition coefficient (Wildman–Crippen LogP) is 4.28. The number of hydrogen-bond donors (Lipinski definition) is 1. The summed E-state index contributed by atoms with van der Waals surface area (Å²) < 4.78 is 1.04. The maximum absolute atomic E-state index is 6.00. The fourth-order valence-corrected chi connectivity index (χ4v) is 2.70. The Morgan fingerprint density at radius 2 is 2.12 bits per heavy atom. The van der Waals surface area contributed by atoms with E-state index in [1.807, 2.05) is 24.3 Å². The van der Waals surface area contributed by atoms with Crippen molar-refractivity contribution in [3.8, 4) is 11.3 Å². The first-order valence-corrected chi connectivity index (χ1v) is 6.71. The Bertz CT molecular complexity index is 505. The number of hydrogen-bond acceptors (Lipinski definition) is 3. The number of nitrogens with zero attached hydrogens (tertiary/aromatic N) is 1. The van der Waals surface area contributed by atoms with Crippen LogP contribution in [0.1, 0.15) is 24.8 Å². The van der Waals surface area contributed by atoms with Crippen molar-refractivity contribution in [2.75, 3.05) is 5.73 Å². The fourth-order valence-electron chi connectivity index (χ4n) is 1.44. The van der Waals surface area contributed by atoms with Crippen LogP contribution in [-0.4, -0.2) is 4.98 Å². The molecule has 4 heteroatoms. The van der Waals surface area contributed by atoms with Gasteiger partial charge < -0.3 is 5.73 Å². The Balaban J connectivity index is 2.48. The average Bonchev–Trinajstić information content (AvgIpc) is 2.60. The van der Waals surface area contributed by atoms with E-state index >= 15 is 0 Å². The average molecular weight is 297 g/mol. The molecule has 0 radical (unpaired) electrons. The molecule has 0 saturated carbocycles. The van der Waals surface area contributed by atoms with Crippen molar-refractivity contribution in [2.24, 2.45) is 0 Å². The Kier molecular flexibility index (Phi) is 3.30. The Morgan fingerprint density at radius 1 is 1.38 bits per heavy atom. The zero-order chi connectivity index (χ0) is 11.7. The molecule has 0 aliphatic carbocycles. The molecule has 2 rings (SSSR count). The molecule has 0 aliphatic rings. The van der Waals surface area contributed by atoms with Crippen molar-refractivity contribution in [1.82, 2.24) is 4.98 Å². The number of rotatable bonds is 2. The minimum atomic E-state index is 0.424. The van der Waals surface area contributed by atoms with Crippen molar-refractivity contribution in [3.63, 3.8) is 0 Å². The van der Waals surface area contributed by atoms with Crippen LogP contribution in [0.15, 0.2) is 28.7 Å². The molecule has 2 nitrogen and oxygen atoms in total. The molecule has 1 heterocycles. The summed E-state index contributed by atoms with van der Waals surface area (Å²) in [4.78, 5) is 4.59. The summed E-state index contributed by atoms with van der Waals surface area (Å²) in [7, 11) is 0. The molecule has 0 unspecified atom stereocenters. The summed E-state index contributed by atoms with van der Waals surface area (Å²) in [6, 6.07) is 8.05. The molecule has 84 valence electrons. The standard InChI is InChI=1S/C12H13BrN2S/c1-7(2)12-15-10(11(14)16-12)8-4-3-5-9(13)6-8/h3-7H,14H2,1-2H3. The second-order valence-electron chi connectivity index (χ2n) is 3.93. The summed E-state index contributed by atoms with van der Waals surface area (Å²) in [5, 5.41) is 1.88. The van der Waals surface area contributed by atoms with Gasteiger partial charge in [-0.3, -0.25) is 0 Å². The molecule has 0 atom stereocenters. The van der Waals surface area contributed by atoms with Gasteiger partial charge in [-0.2, -0.15) is 0 Å². The lowest BCUT2D eigenvalue weighted by Crippen LogP contribution is -1.87. The molecular formula is C12H13BrN2S. The first-order valence-electron chi connectivity index (χ1n) is 5.10. The maximum Gasteiger partial charge on any atom is 0.114 e. The van der Waals surface area contributed by atoms with Crippen LogP contribution >= 0.6 is 27.3 Å². The third-order valence-electron chi connectivity index (χ3n) is 2.26. The van der Waals surface area contributed by atoms with E-state index in [0.717, 1.165) is 25.7 Å². The lowest BCUT2D eigenvalue weighted by molar-refractivity contribution is 0.854. The van der Waals surface area contributed by atoms with Gasteiger partial charge >= 0.3 is 0 Å². The molecule has 0 bridgehead atoms. The van der Waals surface area contributed by atoms with E-state index in [9.17, 15) is 0 Å². The van der Waals surface area contributed by atoms with Crippen LogP contribution in [0.4, 0.5) is 5.00 Å². The highest BCUT2D eigenvalue weighted by molar-refractivity contribution is 9.10. The number of halogens is 1. The largest absolute Gasteiger partial charge is 0.389 e. The van der Waals surface area contributed by atoms with Gasteiger partial charge in [0.05, 0.1) is 5.01 Å². The van der Waals surface area contributed by atoms with Crippen LogP contribution in [0.2, 0.25) is 0 Å². The van der Waals surface area contributed by atoms with E-state index in [-0.39, 0.29) is 0 Å². The molecule has 0 aliphatic heterocycles. The molecule has 16 heavy (non-hydrogen) atoms. The Labute approximate surface area is 108 Å². The summed E-state index contributed by atoms with van der Waals surface area (Å²) in [6.45, 7) is 4.26. The summed E-state index contributed by atoms with van der Waals surface area (Å²) in [5.74, 6) is 0.424. The van der Waals surface area contributed by atoms with Crippen LogP contribution in [-0.2, 0) is 0 Å². The van der Waals surface area contributed by atoms with Crippen molar-refractivity contribution >= 4 is 32.3 Å². The lowest BCUT2D eigenvalue weighted by atomic mass is 10.1. The smallest absolute Gasteiger partial charge is 0.114 e. The lowest BCUT2D eigenvalue weighted by Gasteiger charge is -1.99. The third kappa shape index (κ3) is 2.28. The number of nitrogens with two attached hydrogens (primary N) is 1. The van der Waals surface area contributed by atoms with Gasteiger partial charge in [-0.05, 0) is 12.1 Å². The number of thiazole rings is 1. The molecule has 1 aromatic heterocycles. The van der Waals surface area contributed by atoms with Gasteiger partial charge in [0.25, 0.3) is 0 Å². The molecule has 2 aromatic rings. The first kappa shape index (κ1) is 11.6. The minimum Gasteiger partial charge on any atom is -0.389 e. The highest BCUT2D eigenvalue weighted by Gasteiger charge is 2.12. The topological polar surface area (TPSA) is 38.9 Å². The van der Waals surface area contributed by atoms with Crippen molar-refractivity contribution < 1.29 is 0 Å². The molecule has 0 saturated heterocycles. The highest BCUT2D eigenvalue weighted by Crippen LogP contribution is 2.34. The predicted molar refractivity (Wildman–Crippen MR) is 73.8 cm³/mol. The summed E-state index contributed by atoms with van der Waals surface area (Å²) >= 11 is 5.03. The minimum absolute atomic E-state index is 0.424. The van der Waals surface area contributed by atoms with Gasteiger partial charge in [0.15, 0.2) is 0 Å². The molecular weight excluding hydrogens is 284 g/mol. The van der Waals surface area contributed by atoms with E-state index in [2.05, 4.69) is 34.8 Å². The quantitative estimate of drug-likeness (QED) is 0.898. The van der Waals surface area contributed by atoms with Crippen LogP contribution in [0, 0.1) is 0 Å². The van der Waals surface area contributed by atoms with Crippen LogP contribution in [0.25, 0.3) is 11.3 Å². The number of benzene rings is 1. The summed E-state index contributed by atoms with van der Waals surface area (Å²) in [5.41, 5.74) is 7.96. The van der Waals surface area contributed by atoms with Gasteiger partial charge in [-0.15, -0.1) is 11.3 Å². The molecule has 1 aromatic carbocycles. The van der Waals surface area contributed by atoms with Crippen LogP contribution < -0.4 is 5.73 Å². The first-order chi connectivity index (χ1) is 7.58. The van der Waals surface area contributed by atoms with Gasteiger partial charge in [-0.1, -0.05) is 41.9 Å². The fraction of sp³-hybridized carbons (Fsp3) is 0.250. The van der Waals surface area contributed by atoms with Crippen molar-refractivity contribution in [3.05, 3.63) is 33.7 Å². The van der Waals surface area contributed by atoms with Crippen LogP contribution in [0.5, 0.6) is 0 Å². The third-order valence-corrected chi connectivity index (χ3v) is 3.94. The van der Waals surface area contributed by atoms with Gasteiger partial charge in [0, 0.05) is 16.0 Å². The molecule has 0 spiro atoms. The molecule has 2 N–H and O–H groups in total. The highest BCUT2D eigenvalue weighted by atomic mass is 79.9. The normalized spacial score (nSPS) is 11.0. The summed E-state index contributed by atoms with van der Waals surface area (Å²) in [6.07, 6.45) is 0. The van der Waals surface area contributed by atoms with Gasteiger partial charge in [0.2, 0.25) is 0 Å². The number of anilines is 1. The number of aromatic nitrogens is 1. The van der Waals surface area contributed by atoms with E-state index in [1.54, 1.807) is 11.3 Å². The second-order valence-corrected chi connectivity index (χ2v) is 5.91. The monoisotopic (exact) mass is 296 g/mol. The van der Waals surface area contributed by atoms with E-state index in [4.69, 9.17) is 5.73 Å². The molecule has 0 amide bonds. The van der Waals surface area contributed by atoms with Gasteiger partial charge in [0.1, 0.15) is 10.7 Å². The van der Waals surface area contributed by atoms with E-state index in [0.29, 0.717) is 5.92 Å². The zero-order valence-electron chi connectivity index (χ0n) is 9.20. The maximum atomic E-state index is 6.00. The van der Waals surface area contributed by atoms with E-state index < -0.39 is 0 Å². The molecule has 0 fully saturated rings. The Hall–Kier alpha value is -0.870. The Morgan fingerprint density at radius 3 is 2.69 bits per heavy atom. The van der Waals surface area contributed by atoms with E-state index in [1.165, 1.54) is 0 Å². The van der Waals surface area contributed by atoms with Crippen molar-refractivity contribution in [2.45, 2.75) is 19.8 Å². The SMILES string of the molecule is CC(C)c1nc(-c2cccc(Br)c2)c(N)s1. The zero-order valence-corrected chi connectivity index (χ0v) is 11.6. The second kappa shape index (κ2) is 4.55. The van der Waals surface area contributed by atoms with Gasteiger partial charge in [-0.25, -0.2) is 4.98 Å².